The summed E-state index contributed by atoms with van der Waals surface area (Å²) in [6.07, 6.45) is 8.97. The molecule has 172 valence electrons. The van der Waals surface area contributed by atoms with E-state index in [0.29, 0.717) is 6.79 Å². The first-order valence-corrected chi connectivity index (χ1v) is 12.9. The van der Waals surface area contributed by atoms with Gasteiger partial charge in [0.15, 0.2) is 17.3 Å². The van der Waals surface area contributed by atoms with Crippen LogP contribution in [0.5, 0.6) is 11.5 Å². The van der Waals surface area contributed by atoms with Crippen molar-refractivity contribution >= 4 is 34.2 Å². The Bertz CT molecular complexity index is 1100. The molecule has 33 heavy (non-hydrogen) atoms. The van der Waals surface area contributed by atoms with E-state index in [9.17, 15) is 0 Å². The zero-order valence-electron chi connectivity index (χ0n) is 18.4. The molecule has 0 saturated carbocycles. The molecule has 0 saturated heterocycles. The van der Waals surface area contributed by atoms with Crippen molar-refractivity contribution in [3.05, 3.63) is 64.3 Å². The van der Waals surface area contributed by atoms with E-state index in [-0.39, 0.29) is 5.92 Å². The van der Waals surface area contributed by atoms with Crippen molar-refractivity contribution in [2.75, 3.05) is 24.8 Å². The molecule has 9 heteroatoms. The average Bonchev–Trinajstić information content (AvgIpc) is 3.58. The molecule has 1 unspecified atom stereocenters. The van der Waals surface area contributed by atoms with Crippen molar-refractivity contribution in [1.82, 2.24) is 14.7 Å². The van der Waals surface area contributed by atoms with Crippen LogP contribution in [0, 0.1) is 0 Å². The van der Waals surface area contributed by atoms with Gasteiger partial charge in [0.05, 0.1) is 12.5 Å². The summed E-state index contributed by atoms with van der Waals surface area (Å²) < 4.78 is 15.5. The molecule has 0 bridgehead atoms. The van der Waals surface area contributed by atoms with Crippen LogP contribution in [0.1, 0.15) is 41.4 Å². The molecular formula is C24H27N5O2S2. The third-order valence-corrected chi connectivity index (χ3v) is 7.26. The van der Waals surface area contributed by atoms with Crippen molar-refractivity contribution in [3.63, 3.8) is 0 Å². The molecule has 4 heterocycles. The lowest BCUT2D eigenvalue weighted by atomic mass is 10.1. The molecule has 1 N–H and O–H groups in total. The van der Waals surface area contributed by atoms with E-state index in [1.807, 2.05) is 24.5 Å². The molecule has 7 nitrogen and oxygen atoms in total. The fourth-order valence-corrected chi connectivity index (χ4v) is 5.33. The molecule has 0 aliphatic carbocycles. The second-order valence-electron chi connectivity index (χ2n) is 8.02. The SMILES string of the molecule is C1=CN=CC(c2nsc(N(CCCNCc3ccc4c(c3)OCO4)Cc3cccs3)n2)CC1. The van der Waals surface area contributed by atoms with Crippen molar-refractivity contribution < 1.29 is 9.47 Å². The maximum Gasteiger partial charge on any atom is 0.231 e. The molecule has 0 fully saturated rings. The maximum atomic E-state index is 5.47. The minimum absolute atomic E-state index is 0.192. The normalized spacial score (nSPS) is 16.8. The van der Waals surface area contributed by atoms with Gasteiger partial charge in [-0.05, 0) is 54.9 Å². The molecular weight excluding hydrogens is 454 g/mol. The Labute approximate surface area is 202 Å². The topological polar surface area (TPSA) is 71.9 Å². The van der Waals surface area contributed by atoms with Gasteiger partial charge >= 0.3 is 0 Å². The Hall–Kier alpha value is -2.75. The number of nitrogens with zero attached hydrogens (tertiary/aromatic N) is 4. The third-order valence-electron chi connectivity index (χ3n) is 5.61. The number of allylic oxidation sites excluding steroid dienone is 1. The molecule has 2 aliphatic heterocycles. The Morgan fingerprint density at radius 2 is 2.15 bits per heavy atom. The van der Waals surface area contributed by atoms with Crippen LogP contribution in [-0.2, 0) is 13.1 Å². The molecule has 2 aliphatic rings. The molecule has 5 rings (SSSR count). The number of rotatable bonds is 10. The number of anilines is 1. The van der Waals surface area contributed by atoms with Gasteiger partial charge in [-0.25, -0.2) is 4.98 Å². The smallest absolute Gasteiger partial charge is 0.231 e. The Kier molecular flexibility index (Phi) is 7.30. The van der Waals surface area contributed by atoms with Crippen LogP contribution < -0.4 is 19.7 Å². The largest absolute Gasteiger partial charge is 0.454 e. The summed E-state index contributed by atoms with van der Waals surface area (Å²) in [7, 11) is 0. The summed E-state index contributed by atoms with van der Waals surface area (Å²) in [6, 6.07) is 10.4. The van der Waals surface area contributed by atoms with Crippen LogP contribution in [0.2, 0.25) is 0 Å². The van der Waals surface area contributed by atoms with Crippen LogP contribution in [0.15, 0.2) is 53.0 Å². The van der Waals surface area contributed by atoms with Gasteiger partial charge in [-0.15, -0.1) is 11.3 Å². The number of ether oxygens (including phenoxy) is 2. The minimum atomic E-state index is 0.192. The van der Waals surface area contributed by atoms with Crippen LogP contribution >= 0.6 is 22.9 Å². The summed E-state index contributed by atoms with van der Waals surface area (Å²) in [5, 5.41) is 6.66. The van der Waals surface area contributed by atoms with Crippen LogP contribution in [-0.4, -0.2) is 35.5 Å². The number of hydrogen-bond acceptors (Lipinski definition) is 9. The highest BCUT2D eigenvalue weighted by Gasteiger charge is 2.19. The monoisotopic (exact) mass is 481 g/mol. The Morgan fingerprint density at radius 1 is 1.18 bits per heavy atom. The van der Waals surface area contributed by atoms with Gasteiger partial charge in [-0.2, -0.15) is 4.37 Å². The summed E-state index contributed by atoms with van der Waals surface area (Å²) >= 11 is 3.28. The van der Waals surface area contributed by atoms with E-state index in [1.165, 1.54) is 22.0 Å². The molecule has 0 radical (unpaired) electrons. The number of thiophene rings is 1. The quantitative estimate of drug-likeness (QED) is 0.412. The maximum absolute atomic E-state index is 5.47. The van der Waals surface area contributed by atoms with E-state index in [4.69, 9.17) is 14.5 Å². The fraction of sp³-hybridized carbons (Fsp3) is 0.375. The van der Waals surface area contributed by atoms with Crippen molar-refractivity contribution in [1.29, 1.82) is 0 Å². The highest BCUT2D eigenvalue weighted by molar-refractivity contribution is 7.10. The molecule has 1 atom stereocenters. The van der Waals surface area contributed by atoms with Gasteiger partial charge in [-0.3, -0.25) is 4.99 Å². The number of nitrogens with one attached hydrogen (secondary N) is 1. The van der Waals surface area contributed by atoms with Crippen molar-refractivity contribution in [3.8, 4) is 11.5 Å². The van der Waals surface area contributed by atoms with E-state index in [2.05, 4.69) is 49.2 Å². The summed E-state index contributed by atoms with van der Waals surface area (Å²) in [5.74, 6) is 2.74. The number of aliphatic imine (C=N–C) groups is 1. The molecule has 2 aromatic heterocycles. The fourth-order valence-electron chi connectivity index (χ4n) is 3.85. The van der Waals surface area contributed by atoms with E-state index in [0.717, 1.165) is 67.9 Å². The van der Waals surface area contributed by atoms with Gasteiger partial charge < -0.3 is 19.7 Å². The van der Waals surface area contributed by atoms with Crippen LogP contribution in [0.3, 0.4) is 0 Å². The minimum Gasteiger partial charge on any atom is -0.454 e. The number of hydrogen-bond donors (Lipinski definition) is 1. The van der Waals surface area contributed by atoms with Crippen LogP contribution in [0.25, 0.3) is 0 Å². The number of benzene rings is 1. The number of fused-ring (bicyclic) bond motifs is 1. The molecule has 0 spiro atoms. The van der Waals surface area contributed by atoms with Gasteiger partial charge in [0.25, 0.3) is 0 Å². The number of aromatic nitrogens is 2. The highest BCUT2D eigenvalue weighted by Crippen LogP contribution is 2.32. The summed E-state index contributed by atoms with van der Waals surface area (Å²) in [5.41, 5.74) is 1.20. The van der Waals surface area contributed by atoms with Gasteiger partial charge in [0.2, 0.25) is 11.9 Å². The van der Waals surface area contributed by atoms with E-state index in [1.54, 1.807) is 11.3 Å². The predicted octanol–water partition coefficient (Wildman–Crippen LogP) is 4.98. The first-order valence-electron chi connectivity index (χ1n) is 11.2. The van der Waals surface area contributed by atoms with Crippen molar-refractivity contribution in [2.45, 2.75) is 38.3 Å². The van der Waals surface area contributed by atoms with Gasteiger partial charge in [0, 0.05) is 41.9 Å². The Morgan fingerprint density at radius 3 is 3.09 bits per heavy atom. The van der Waals surface area contributed by atoms with E-state index < -0.39 is 0 Å². The molecule has 0 amide bonds. The second kappa shape index (κ2) is 10.9. The van der Waals surface area contributed by atoms with Crippen molar-refractivity contribution in [2.24, 2.45) is 4.99 Å². The highest BCUT2D eigenvalue weighted by atomic mass is 32.1. The first-order chi connectivity index (χ1) is 16.3. The summed E-state index contributed by atoms with van der Waals surface area (Å²) in [6.45, 7) is 3.81. The second-order valence-corrected chi connectivity index (χ2v) is 9.78. The average molecular weight is 482 g/mol. The lowest BCUT2D eigenvalue weighted by molar-refractivity contribution is 0.174. The zero-order chi connectivity index (χ0) is 22.3. The van der Waals surface area contributed by atoms with Gasteiger partial charge in [-0.1, -0.05) is 18.2 Å². The first kappa shape index (κ1) is 22.1. The summed E-state index contributed by atoms with van der Waals surface area (Å²) in [4.78, 5) is 12.9. The predicted molar refractivity (Wildman–Crippen MR) is 134 cm³/mol. The Balaban J connectivity index is 1.16. The zero-order valence-corrected chi connectivity index (χ0v) is 20.0. The lowest BCUT2D eigenvalue weighted by Gasteiger charge is -2.21. The molecule has 3 aromatic rings. The van der Waals surface area contributed by atoms with Crippen LogP contribution in [0.4, 0.5) is 5.13 Å². The van der Waals surface area contributed by atoms with E-state index >= 15 is 0 Å². The molecule has 1 aromatic carbocycles. The standard InChI is InChI=1S/C24H27N5O2S2/c1-2-9-26-15-19(5-1)23-27-24(33-28-23)29(16-20-6-3-12-32-20)11-4-10-25-14-18-7-8-21-22(13-18)31-17-30-21/h2-3,6-9,12-13,15,19,25H,1,4-5,10-11,14,16-17H2. The third kappa shape index (κ3) is 5.79. The van der Waals surface area contributed by atoms with Gasteiger partial charge in [0.1, 0.15) is 0 Å². The lowest BCUT2D eigenvalue weighted by Crippen LogP contribution is -2.26.